The summed E-state index contributed by atoms with van der Waals surface area (Å²) in [5.41, 5.74) is 4.98. The molecule has 1 atom stereocenters. The summed E-state index contributed by atoms with van der Waals surface area (Å²) in [6.45, 7) is 0.823. The van der Waals surface area contributed by atoms with Crippen molar-refractivity contribution in [2.75, 3.05) is 27.9 Å². The van der Waals surface area contributed by atoms with Gasteiger partial charge < -0.3 is 19.1 Å². The monoisotopic (exact) mass is 374 g/mol. The summed E-state index contributed by atoms with van der Waals surface area (Å²) in [5, 5.41) is 9.75. The van der Waals surface area contributed by atoms with Crippen molar-refractivity contribution in [2.45, 2.75) is 12.5 Å². The number of nitriles is 1. The molecule has 2 aliphatic rings. The lowest BCUT2D eigenvalue weighted by Crippen LogP contribution is -2.34. The molecule has 1 unspecified atom stereocenters. The van der Waals surface area contributed by atoms with E-state index in [2.05, 4.69) is 29.2 Å². The van der Waals surface area contributed by atoms with E-state index >= 15 is 0 Å². The Bertz CT molecular complexity index is 1000. The van der Waals surface area contributed by atoms with Crippen LogP contribution in [0, 0.1) is 11.3 Å². The highest BCUT2D eigenvalue weighted by molar-refractivity contribution is 5.79. The van der Waals surface area contributed by atoms with Crippen LogP contribution < -0.4 is 14.2 Å². The maximum atomic E-state index is 9.75. The summed E-state index contributed by atoms with van der Waals surface area (Å²) < 4.78 is 16.2. The summed E-state index contributed by atoms with van der Waals surface area (Å²) in [6, 6.07) is 14.5. The molecule has 0 bridgehead atoms. The van der Waals surface area contributed by atoms with Crippen LogP contribution in [0.2, 0.25) is 0 Å². The molecule has 2 heterocycles. The second-order valence-corrected chi connectivity index (χ2v) is 6.76. The molecule has 0 saturated heterocycles. The molecule has 4 rings (SSSR count). The number of ether oxygens (including phenoxy) is 3. The van der Waals surface area contributed by atoms with Gasteiger partial charge in [-0.1, -0.05) is 18.2 Å². The lowest BCUT2D eigenvalue weighted by atomic mass is 9.88. The maximum Gasteiger partial charge on any atom is 0.161 e. The van der Waals surface area contributed by atoms with Gasteiger partial charge >= 0.3 is 0 Å². The third-order valence-corrected chi connectivity index (χ3v) is 5.39. The highest BCUT2D eigenvalue weighted by Crippen LogP contribution is 2.44. The second-order valence-electron chi connectivity index (χ2n) is 6.76. The van der Waals surface area contributed by atoms with Gasteiger partial charge in [-0.15, -0.1) is 0 Å². The van der Waals surface area contributed by atoms with Gasteiger partial charge in [0.1, 0.15) is 11.8 Å². The largest absolute Gasteiger partial charge is 0.497 e. The van der Waals surface area contributed by atoms with E-state index in [1.165, 1.54) is 5.56 Å². The quantitative estimate of drug-likeness (QED) is 0.806. The third kappa shape index (κ3) is 2.87. The molecule has 2 aromatic carbocycles. The SMILES string of the molecule is COc1ccc(C2C=CC(C#N)=C3c4cc(OC)c(OC)cc4CCN32)cc1. The molecule has 5 nitrogen and oxygen atoms in total. The fourth-order valence-electron chi connectivity index (χ4n) is 3.99. The van der Waals surface area contributed by atoms with Crippen LogP contribution in [0.4, 0.5) is 0 Å². The van der Waals surface area contributed by atoms with Crippen LogP contribution in [-0.4, -0.2) is 32.8 Å². The van der Waals surface area contributed by atoms with Gasteiger partial charge in [-0.05, 0) is 47.9 Å². The van der Waals surface area contributed by atoms with Gasteiger partial charge in [-0.3, -0.25) is 0 Å². The molecule has 0 fully saturated rings. The zero-order valence-corrected chi connectivity index (χ0v) is 16.2. The molecular formula is C23H22N2O3. The standard InChI is InChI=1S/C23H22N2O3/c1-26-18-7-4-15(5-8-18)20-9-6-17(14-24)23-19-13-22(28-3)21(27-2)12-16(19)10-11-25(20)23/h4-9,12-13,20H,10-11H2,1-3H3. The van der Waals surface area contributed by atoms with E-state index in [9.17, 15) is 5.26 Å². The Morgan fingerprint density at radius 2 is 1.71 bits per heavy atom. The van der Waals surface area contributed by atoms with Gasteiger partial charge in [-0.2, -0.15) is 5.26 Å². The first-order valence-electron chi connectivity index (χ1n) is 9.18. The molecule has 5 heteroatoms. The normalized spacial score (nSPS) is 17.5. The van der Waals surface area contributed by atoms with E-state index in [-0.39, 0.29) is 6.04 Å². The van der Waals surface area contributed by atoms with E-state index in [1.807, 2.05) is 30.3 Å². The Morgan fingerprint density at radius 1 is 1.00 bits per heavy atom. The van der Waals surface area contributed by atoms with Crippen LogP contribution in [0.1, 0.15) is 22.7 Å². The van der Waals surface area contributed by atoms with Crippen LogP contribution in [0.3, 0.4) is 0 Å². The second kappa shape index (κ2) is 7.32. The average molecular weight is 374 g/mol. The van der Waals surface area contributed by atoms with E-state index in [0.717, 1.165) is 35.5 Å². The molecule has 0 saturated carbocycles. The predicted octanol–water partition coefficient (Wildman–Crippen LogP) is 4.12. The van der Waals surface area contributed by atoms with Crippen LogP contribution in [0.5, 0.6) is 17.2 Å². The third-order valence-electron chi connectivity index (χ3n) is 5.39. The van der Waals surface area contributed by atoms with Crippen molar-refractivity contribution in [3.63, 3.8) is 0 Å². The molecule has 0 spiro atoms. The summed E-state index contributed by atoms with van der Waals surface area (Å²) in [7, 11) is 4.94. The van der Waals surface area contributed by atoms with Crippen molar-refractivity contribution in [1.82, 2.24) is 4.90 Å². The predicted molar refractivity (Wildman–Crippen MR) is 107 cm³/mol. The van der Waals surface area contributed by atoms with Gasteiger partial charge in [-0.25, -0.2) is 0 Å². The maximum absolute atomic E-state index is 9.75. The van der Waals surface area contributed by atoms with E-state index < -0.39 is 0 Å². The molecule has 0 amide bonds. The summed E-state index contributed by atoms with van der Waals surface area (Å²) in [6.07, 6.45) is 4.89. The number of rotatable bonds is 4. The van der Waals surface area contributed by atoms with Gasteiger partial charge in [0.25, 0.3) is 0 Å². The Balaban J connectivity index is 1.81. The molecule has 0 aromatic heterocycles. The smallest absolute Gasteiger partial charge is 0.161 e. The molecule has 28 heavy (non-hydrogen) atoms. The highest BCUT2D eigenvalue weighted by Gasteiger charge is 2.32. The number of methoxy groups -OCH3 is 3. The molecule has 2 aliphatic heterocycles. The zero-order valence-electron chi connectivity index (χ0n) is 16.2. The first-order valence-corrected chi connectivity index (χ1v) is 9.18. The minimum atomic E-state index is 0.0688. The Morgan fingerprint density at radius 3 is 2.36 bits per heavy atom. The van der Waals surface area contributed by atoms with Crippen molar-refractivity contribution in [2.24, 2.45) is 0 Å². The van der Waals surface area contributed by atoms with Crippen molar-refractivity contribution in [1.29, 1.82) is 5.26 Å². The summed E-state index contributed by atoms with van der Waals surface area (Å²) in [5.74, 6) is 2.22. The summed E-state index contributed by atoms with van der Waals surface area (Å²) >= 11 is 0. The molecule has 142 valence electrons. The number of benzene rings is 2. The summed E-state index contributed by atoms with van der Waals surface area (Å²) in [4.78, 5) is 2.30. The number of allylic oxidation sites excluding steroid dienone is 2. The van der Waals surface area contributed by atoms with Crippen molar-refractivity contribution < 1.29 is 14.2 Å². The van der Waals surface area contributed by atoms with Crippen LogP contribution >= 0.6 is 0 Å². The van der Waals surface area contributed by atoms with E-state index in [0.29, 0.717) is 17.1 Å². The Labute approximate surface area is 165 Å². The van der Waals surface area contributed by atoms with Crippen molar-refractivity contribution in [3.05, 3.63) is 70.8 Å². The molecular weight excluding hydrogens is 352 g/mol. The average Bonchev–Trinajstić information content (AvgIpc) is 2.77. The van der Waals surface area contributed by atoms with Crippen molar-refractivity contribution in [3.8, 4) is 23.3 Å². The number of nitrogens with zero attached hydrogens (tertiary/aromatic N) is 2. The zero-order chi connectivity index (χ0) is 19.7. The molecule has 2 aromatic rings. The van der Waals surface area contributed by atoms with Crippen molar-refractivity contribution >= 4 is 5.70 Å². The lowest BCUT2D eigenvalue weighted by Gasteiger charge is -2.41. The van der Waals surface area contributed by atoms with Crippen LogP contribution in [0.15, 0.2) is 54.1 Å². The van der Waals surface area contributed by atoms with E-state index in [4.69, 9.17) is 14.2 Å². The van der Waals surface area contributed by atoms with E-state index in [1.54, 1.807) is 21.3 Å². The fraction of sp³-hybridized carbons (Fsp3) is 0.261. The Kier molecular flexibility index (Phi) is 4.70. The van der Waals surface area contributed by atoms with Crippen LogP contribution in [0.25, 0.3) is 5.70 Å². The minimum absolute atomic E-state index is 0.0688. The fourth-order valence-corrected chi connectivity index (χ4v) is 3.99. The Hall–Kier alpha value is -3.39. The topological polar surface area (TPSA) is 54.7 Å². The first-order chi connectivity index (χ1) is 13.7. The molecule has 0 aliphatic carbocycles. The molecule has 0 N–H and O–H groups in total. The van der Waals surface area contributed by atoms with Gasteiger partial charge in [0.05, 0.1) is 38.6 Å². The molecule has 0 radical (unpaired) electrons. The van der Waals surface area contributed by atoms with Gasteiger partial charge in [0.15, 0.2) is 11.5 Å². The van der Waals surface area contributed by atoms with Crippen LogP contribution in [-0.2, 0) is 6.42 Å². The first kappa shape index (κ1) is 18.0. The van der Waals surface area contributed by atoms with Gasteiger partial charge in [0.2, 0.25) is 0 Å². The number of hydrogen-bond donors (Lipinski definition) is 0. The lowest BCUT2D eigenvalue weighted by molar-refractivity contribution is 0.329. The number of hydrogen-bond acceptors (Lipinski definition) is 5. The highest BCUT2D eigenvalue weighted by atomic mass is 16.5. The minimum Gasteiger partial charge on any atom is -0.497 e. The van der Waals surface area contributed by atoms with Gasteiger partial charge in [0, 0.05) is 12.1 Å². The number of fused-ring (bicyclic) bond motifs is 3.